The number of nitrogens with zero attached hydrogens (tertiary/aromatic N) is 2. The second-order valence-corrected chi connectivity index (χ2v) is 6.90. The number of carbonyl (C=O) groups is 2. The summed E-state index contributed by atoms with van der Waals surface area (Å²) in [6, 6.07) is 7.35. The van der Waals surface area contributed by atoms with Crippen LogP contribution in [0.1, 0.15) is 54.0 Å². The van der Waals surface area contributed by atoms with Crippen LogP contribution in [-0.2, 0) is 17.6 Å². The molecule has 6 nitrogen and oxygen atoms in total. The standard InChI is InChI=1S/C18H24N4O2S/c1-3-4-5-6-16-21-22-18(25-16)20-17(24)15-9-7-14(8-10-15)11-12-19-13(2)23/h7-10H,3-6,11-12H2,1-2H3,(H,19,23)(H,20,22,24). The van der Waals surface area contributed by atoms with Crippen molar-refractivity contribution in [2.75, 3.05) is 11.9 Å². The minimum Gasteiger partial charge on any atom is -0.356 e. The van der Waals surface area contributed by atoms with Crippen molar-refractivity contribution in [2.24, 2.45) is 0 Å². The molecule has 2 aromatic rings. The van der Waals surface area contributed by atoms with Gasteiger partial charge >= 0.3 is 0 Å². The number of hydrogen-bond donors (Lipinski definition) is 2. The molecule has 2 amide bonds. The Morgan fingerprint density at radius 1 is 1.08 bits per heavy atom. The van der Waals surface area contributed by atoms with Crippen molar-refractivity contribution >= 4 is 28.3 Å². The highest BCUT2D eigenvalue weighted by atomic mass is 32.1. The fraction of sp³-hybridized carbons (Fsp3) is 0.444. The van der Waals surface area contributed by atoms with Gasteiger partial charge in [0.2, 0.25) is 11.0 Å². The van der Waals surface area contributed by atoms with Crippen molar-refractivity contribution in [3.8, 4) is 0 Å². The van der Waals surface area contributed by atoms with E-state index in [0.717, 1.165) is 29.8 Å². The summed E-state index contributed by atoms with van der Waals surface area (Å²) in [5, 5.41) is 15.2. The summed E-state index contributed by atoms with van der Waals surface area (Å²) in [5.41, 5.74) is 1.64. The molecule has 0 radical (unpaired) electrons. The largest absolute Gasteiger partial charge is 0.356 e. The molecule has 1 aromatic carbocycles. The predicted octanol–water partition coefficient (Wildman–Crippen LogP) is 3.20. The summed E-state index contributed by atoms with van der Waals surface area (Å²) >= 11 is 1.43. The molecule has 1 aromatic heterocycles. The molecule has 1 heterocycles. The Morgan fingerprint density at radius 2 is 1.84 bits per heavy atom. The SMILES string of the molecule is CCCCCc1nnc(NC(=O)c2ccc(CCNC(C)=O)cc2)s1. The highest BCUT2D eigenvalue weighted by Crippen LogP contribution is 2.18. The van der Waals surface area contributed by atoms with Crippen molar-refractivity contribution in [1.82, 2.24) is 15.5 Å². The van der Waals surface area contributed by atoms with Crippen LogP contribution >= 0.6 is 11.3 Å². The monoisotopic (exact) mass is 360 g/mol. The third kappa shape index (κ3) is 6.62. The summed E-state index contributed by atoms with van der Waals surface area (Å²) in [6.07, 6.45) is 5.08. The lowest BCUT2D eigenvalue weighted by molar-refractivity contribution is -0.118. The summed E-state index contributed by atoms with van der Waals surface area (Å²) in [4.78, 5) is 23.1. The number of anilines is 1. The molecule has 0 spiro atoms. The molecule has 0 aliphatic carbocycles. The number of unbranched alkanes of at least 4 members (excludes halogenated alkanes) is 2. The van der Waals surface area contributed by atoms with Crippen LogP contribution in [0.4, 0.5) is 5.13 Å². The lowest BCUT2D eigenvalue weighted by Gasteiger charge is -2.05. The van der Waals surface area contributed by atoms with Crippen LogP contribution in [0.2, 0.25) is 0 Å². The van der Waals surface area contributed by atoms with Crippen molar-refractivity contribution in [1.29, 1.82) is 0 Å². The van der Waals surface area contributed by atoms with Crippen LogP contribution in [0, 0.1) is 0 Å². The van der Waals surface area contributed by atoms with E-state index in [1.54, 1.807) is 12.1 Å². The van der Waals surface area contributed by atoms with E-state index in [1.165, 1.54) is 31.1 Å². The first-order valence-corrected chi connectivity index (χ1v) is 9.37. The maximum Gasteiger partial charge on any atom is 0.257 e. The van der Waals surface area contributed by atoms with E-state index in [9.17, 15) is 9.59 Å². The molecule has 25 heavy (non-hydrogen) atoms. The highest BCUT2D eigenvalue weighted by Gasteiger charge is 2.10. The molecule has 0 saturated carbocycles. The molecule has 0 bridgehead atoms. The zero-order chi connectivity index (χ0) is 18.1. The molecule has 0 unspecified atom stereocenters. The zero-order valence-corrected chi connectivity index (χ0v) is 15.5. The highest BCUT2D eigenvalue weighted by molar-refractivity contribution is 7.15. The first kappa shape index (κ1) is 19.1. The van der Waals surface area contributed by atoms with Gasteiger partial charge in [-0.05, 0) is 30.5 Å². The average molecular weight is 360 g/mol. The third-order valence-electron chi connectivity index (χ3n) is 3.69. The van der Waals surface area contributed by atoms with Gasteiger partial charge in [0.1, 0.15) is 5.01 Å². The lowest BCUT2D eigenvalue weighted by atomic mass is 10.1. The van der Waals surface area contributed by atoms with E-state index in [0.29, 0.717) is 17.2 Å². The Morgan fingerprint density at radius 3 is 2.52 bits per heavy atom. The van der Waals surface area contributed by atoms with Crippen molar-refractivity contribution in [3.05, 3.63) is 40.4 Å². The van der Waals surface area contributed by atoms with Gasteiger partial charge in [-0.3, -0.25) is 14.9 Å². The van der Waals surface area contributed by atoms with Gasteiger partial charge in [0.05, 0.1) is 0 Å². The summed E-state index contributed by atoms with van der Waals surface area (Å²) in [6.45, 7) is 4.25. The van der Waals surface area contributed by atoms with E-state index in [-0.39, 0.29) is 11.8 Å². The Balaban J connectivity index is 1.85. The number of aryl methyl sites for hydroxylation is 1. The Bertz CT molecular complexity index is 697. The second-order valence-electron chi connectivity index (χ2n) is 5.84. The van der Waals surface area contributed by atoms with E-state index >= 15 is 0 Å². The van der Waals surface area contributed by atoms with Crippen LogP contribution in [-0.4, -0.2) is 28.6 Å². The summed E-state index contributed by atoms with van der Waals surface area (Å²) in [5.74, 6) is -0.230. The van der Waals surface area contributed by atoms with Gasteiger partial charge in [-0.25, -0.2) is 0 Å². The number of benzene rings is 1. The van der Waals surface area contributed by atoms with E-state index in [4.69, 9.17) is 0 Å². The molecular weight excluding hydrogens is 336 g/mol. The number of nitrogens with one attached hydrogen (secondary N) is 2. The molecule has 7 heteroatoms. The quantitative estimate of drug-likeness (QED) is 0.673. The molecule has 134 valence electrons. The second kappa shape index (κ2) is 9.88. The third-order valence-corrected chi connectivity index (χ3v) is 4.58. The van der Waals surface area contributed by atoms with Gasteiger partial charge in [-0.1, -0.05) is 43.2 Å². The van der Waals surface area contributed by atoms with Crippen molar-refractivity contribution in [2.45, 2.75) is 46.0 Å². The van der Waals surface area contributed by atoms with Gasteiger partial charge in [-0.2, -0.15) is 0 Å². The first-order chi connectivity index (χ1) is 12.1. The van der Waals surface area contributed by atoms with E-state index in [2.05, 4.69) is 27.8 Å². The van der Waals surface area contributed by atoms with Gasteiger partial charge in [0.25, 0.3) is 5.91 Å². The number of aromatic nitrogens is 2. The van der Waals surface area contributed by atoms with Crippen LogP contribution in [0.15, 0.2) is 24.3 Å². The molecular formula is C18H24N4O2S. The van der Waals surface area contributed by atoms with Gasteiger partial charge in [0.15, 0.2) is 0 Å². The van der Waals surface area contributed by atoms with Crippen molar-refractivity contribution in [3.63, 3.8) is 0 Å². The molecule has 0 fully saturated rings. The molecule has 0 saturated heterocycles. The Labute approximate surface area is 152 Å². The van der Waals surface area contributed by atoms with Crippen LogP contribution in [0.3, 0.4) is 0 Å². The minimum absolute atomic E-state index is 0.0397. The van der Waals surface area contributed by atoms with Crippen LogP contribution in [0.25, 0.3) is 0 Å². The van der Waals surface area contributed by atoms with Crippen LogP contribution < -0.4 is 10.6 Å². The van der Waals surface area contributed by atoms with Crippen LogP contribution in [0.5, 0.6) is 0 Å². The molecule has 2 N–H and O–H groups in total. The summed E-state index contributed by atoms with van der Waals surface area (Å²) < 4.78 is 0. The number of amides is 2. The average Bonchev–Trinajstić information content (AvgIpc) is 3.02. The predicted molar refractivity (Wildman–Crippen MR) is 99.9 cm³/mol. The molecule has 0 aliphatic heterocycles. The van der Waals surface area contributed by atoms with Gasteiger partial charge in [-0.15, -0.1) is 10.2 Å². The number of carbonyl (C=O) groups excluding carboxylic acids is 2. The lowest BCUT2D eigenvalue weighted by Crippen LogP contribution is -2.22. The normalized spacial score (nSPS) is 10.5. The molecule has 0 atom stereocenters. The fourth-order valence-electron chi connectivity index (χ4n) is 2.31. The van der Waals surface area contributed by atoms with E-state index < -0.39 is 0 Å². The summed E-state index contributed by atoms with van der Waals surface area (Å²) in [7, 11) is 0. The fourth-order valence-corrected chi connectivity index (χ4v) is 3.08. The smallest absolute Gasteiger partial charge is 0.257 e. The Hall–Kier alpha value is -2.28. The maximum atomic E-state index is 12.3. The number of hydrogen-bond acceptors (Lipinski definition) is 5. The first-order valence-electron chi connectivity index (χ1n) is 8.55. The zero-order valence-electron chi connectivity index (χ0n) is 14.7. The molecule has 2 rings (SSSR count). The minimum atomic E-state index is -0.190. The topological polar surface area (TPSA) is 84.0 Å². The molecule has 0 aliphatic rings. The number of rotatable bonds is 9. The van der Waals surface area contributed by atoms with Gasteiger partial charge in [0, 0.05) is 25.5 Å². The Kier molecular flexibility index (Phi) is 7.53. The van der Waals surface area contributed by atoms with Gasteiger partial charge < -0.3 is 5.32 Å². The van der Waals surface area contributed by atoms with E-state index in [1.807, 2.05) is 12.1 Å². The van der Waals surface area contributed by atoms with Crippen molar-refractivity contribution < 1.29 is 9.59 Å². The maximum absolute atomic E-state index is 12.3.